The molecule has 0 fully saturated rings. The van der Waals surface area contributed by atoms with Crippen molar-refractivity contribution in [3.63, 3.8) is 0 Å². The number of aromatic nitrogens is 1. The minimum atomic E-state index is -4.31. The van der Waals surface area contributed by atoms with Gasteiger partial charge in [0.2, 0.25) is 0 Å². The van der Waals surface area contributed by atoms with Crippen molar-refractivity contribution in [3.05, 3.63) is 82.3 Å². The number of rotatable bonds is 3. The smallest absolute Gasteiger partial charge is 0.272 e. The Kier molecular flexibility index (Phi) is 4.75. The number of halogens is 2. The molecule has 0 aliphatic heterocycles. The van der Waals surface area contributed by atoms with E-state index in [-0.39, 0.29) is 10.6 Å². The Morgan fingerprint density at radius 3 is 2.38 bits per heavy atom. The van der Waals surface area contributed by atoms with Gasteiger partial charge in [0.25, 0.3) is 10.0 Å². The summed E-state index contributed by atoms with van der Waals surface area (Å²) in [5, 5.41) is 20.4. The van der Waals surface area contributed by atoms with Gasteiger partial charge in [0.15, 0.2) is 5.75 Å². The molecule has 4 aromatic rings. The Morgan fingerprint density at radius 1 is 0.966 bits per heavy atom. The zero-order chi connectivity index (χ0) is 20.8. The number of nitriles is 1. The Labute approximate surface area is 177 Å². The van der Waals surface area contributed by atoms with E-state index in [1.54, 1.807) is 48.5 Å². The van der Waals surface area contributed by atoms with Crippen molar-refractivity contribution in [1.82, 2.24) is 3.97 Å². The van der Waals surface area contributed by atoms with Crippen molar-refractivity contribution in [2.75, 3.05) is 0 Å². The molecule has 4 rings (SSSR count). The van der Waals surface area contributed by atoms with Gasteiger partial charge in [-0.3, -0.25) is 0 Å². The molecule has 0 amide bonds. The number of fused-ring (bicyclic) bond motifs is 1. The third kappa shape index (κ3) is 3.23. The second-order valence-corrected chi connectivity index (χ2v) is 8.88. The maximum atomic E-state index is 13.6. The van der Waals surface area contributed by atoms with Gasteiger partial charge in [-0.15, -0.1) is 0 Å². The van der Waals surface area contributed by atoms with Crippen LogP contribution in [-0.4, -0.2) is 17.5 Å². The number of phenols is 1. The van der Waals surface area contributed by atoms with Crippen LogP contribution in [0.3, 0.4) is 0 Å². The molecule has 0 radical (unpaired) electrons. The van der Waals surface area contributed by atoms with Crippen molar-refractivity contribution in [3.8, 4) is 23.1 Å². The van der Waals surface area contributed by atoms with Crippen LogP contribution in [0.4, 0.5) is 0 Å². The second kappa shape index (κ2) is 7.12. The molecule has 5 nitrogen and oxygen atoms in total. The van der Waals surface area contributed by atoms with Crippen LogP contribution in [0.2, 0.25) is 10.0 Å². The number of benzene rings is 3. The summed E-state index contributed by atoms with van der Waals surface area (Å²) in [6.07, 6.45) is 0. The van der Waals surface area contributed by atoms with Gasteiger partial charge in [0.05, 0.1) is 27.9 Å². The molecule has 0 atom stereocenters. The molecule has 1 N–H and O–H groups in total. The first-order valence-electron chi connectivity index (χ1n) is 8.37. The highest BCUT2D eigenvalue weighted by Gasteiger charge is 2.28. The minimum absolute atomic E-state index is 0.0205. The number of nitrogens with zero attached hydrogens (tertiary/aromatic N) is 2. The van der Waals surface area contributed by atoms with Gasteiger partial charge in [0, 0.05) is 10.4 Å². The molecule has 144 valence electrons. The molecule has 1 heterocycles. The Hall–Kier alpha value is -2.98. The summed E-state index contributed by atoms with van der Waals surface area (Å²) >= 11 is 12.1. The molecule has 3 aromatic carbocycles. The molecule has 0 unspecified atom stereocenters. The normalized spacial score (nSPS) is 11.5. The Bertz CT molecular complexity index is 1410. The largest absolute Gasteiger partial charge is 0.505 e. The molecule has 0 bridgehead atoms. The quantitative estimate of drug-likeness (QED) is 0.458. The predicted octanol–water partition coefficient (Wildman–Crippen LogP) is 5.43. The topological polar surface area (TPSA) is 83.1 Å². The maximum Gasteiger partial charge on any atom is 0.272 e. The molecule has 29 heavy (non-hydrogen) atoms. The van der Waals surface area contributed by atoms with E-state index < -0.39 is 20.7 Å². The highest BCUT2D eigenvalue weighted by atomic mass is 35.5. The van der Waals surface area contributed by atoms with Crippen LogP contribution >= 0.6 is 23.2 Å². The van der Waals surface area contributed by atoms with E-state index in [9.17, 15) is 18.8 Å². The summed E-state index contributed by atoms with van der Waals surface area (Å²) in [6.45, 7) is 0. The average Bonchev–Trinajstić information content (AvgIpc) is 3.09. The van der Waals surface area contributed by atoms with Crippen molar-refractivity contribution in [2.45, 2.75) is 4.90 Å². The summed E-state index contributed by atoms with van der Waals surface area (Å²) in [6, 6.07) is 19.7. The van der Waals surface area contributed by atoms with Crippen molar-refractivity contribution >= 4 is 44.1 Å². The van der Waals surface area contributed by atoms with Crippen LogP contribution in [0, 0.1) is 11.3 Å². The van der Waals surface area contributed by atoms with Crippen molar-refractivity contribution in [2.24, 2.45) is 0 Å². The van der Waals surface area contributed by atoms with Crippen LogP contribution in [0.5, 0.6) is 5.75 Å². The molecule has 0 aliphatic rings. The molecular formula is C21H12Cl2N2O3S. The number of aromatic hydroxyl groups is 1. The number of phenolic OH excluding ortho intramolecular Hbond substituents is 1. The molecule has 0 saturated heterocycles. The summed E-state index contributed by atoms with van der Waals surface area (Å²) in [5.74, 6) is -0.611. The summed E-state index contributed by atoms with van der Waals surface area (Å²) in [4.78, 5) is -0.453. The average molecular weight is 443 g/mol. The predicted molar refractivity (Wildman–Crippen MR) is 113 cm³/mol. The minimum Gasteiger partial charge on any atom is -0.505 e. The summed E-state index contributed by atoms with van der Waals surface area (Å²) < 4.78 is 28.4. The summed E-state index contributed by atoms with van der Waals surface area (Å²) in [5.41, 5.74) is 1.45. The number of hydrogen-bond donors (Lipinski definition) is 1. The first-order valence-corrected chi connectivity index (χ1v) is 10.6. The summed E-state index contributed by atoms with van der Waals surface area (Å²) in [7, 11) is -4.31. The van der Waals surface area contributed by atoms with Gasteiger partial charge in [-0.25, -0.2) is 12.4 Å². The first kappa shape index (κ1) is 19.3. The molecule has 0 saturated carbocycles. The van der Waals surface area contributed by atoms with Crippen LogP contribution < -0.4 is 0 Å². The number of hydrogen-bond acceptors (Lipinski definition) is 4. The molecule has 0 aliphatic carbocycles. The zero-order valence-corrected chi connectivity index (χ0v) is 17.0. The molecule has 8 heteroatoms. The second-order valence-electron chi connectivity index (χ2n) is 6.28. The molecule has 0 spiro atoms. The SMILES string of the molecule is N#Cc1cc(Cl)c(O)c(S(=O)(=O)n2c(-c3ccccc3)cc3cc(Cl)ccc32)c1. The highest BCUT2D eigenvalue weighted by Crippen LogP contribution is 2.38. The van der Waals surface area contributed by atoms with E-state index in [1.165, 1.54) is 6.07 Å². The van der Waals surface area contributed by atoms with Crippen molar-refractivity contribution < 1.29 is 13.5 Å². The lowest BCUT2D eigenvalue weighted by Gasteiger charge is -2.14. The van der Waals surface area contributed by atoms with Gasteiger partial charge in [-0.2, -0.15) is 5.26 Å². The van der Waals surface area contributed by atoms with Crippen LogP contribution in [-0.2, 0) is 10.0 Å². The lowest BCUT2D eigenvalue weighted by molar-refractivity contribution is 0.458. The lowest BCUT2D eigenvalue weighted by Crippen LogP contribution is -2.14. The van der Waals surface area contributed by atoms with Gasteiger partial charge < -0.3 is 5.11 Å². The monoisotopic (exact) mass is 442 g/mol. The first-order chi connectivity index (χ1) is 13.8. The van der Waals surface area contributed by atoms with Gasteiger partial charge in [-0.1, -0.05) is 53.5 Å². The third-order valence-corrected chi connectivity index (χ3v) is 6.73. The van der Waals surface area contributed by atoms with E-state index in [0.717, 1.165) is 10.0 Å². The maximum absolute atomic E-state index is 13.6. The van der Waals surface area contributed by atoms with Crippen LogP contribution in [0.25, 0.3) is 22.2 Å². The fraction of sp³-hybridized carbons (Fsp3) is 0. The molecule has 1 aromatic heterocycles. The lowest BCUT2D eigenvalue weighted by atomic mass is 10.1. The highest BCUT2D eigenvalue weighted by molar-refractivity contribution is 7.90. The fourth-order valence-corrected chi connectivity index (χ4v) is 5.29. The van der Waals surface area contributed by atoms with E-state index >= 15 is 0 Å². The van der Waals surface area contributed by atoms with Crippen LogP contribution in [0.15, 0.2) is 71.6 Å². The Morgan fingerprint density at radius 2 is 1.69 bits per heavy atom. The van der Waals surface area contributed by atoms with E-state index in [4.69, 9.17) is 23.2 Å². The van der Waals surface area contributed by atoms with E-state index in [0.29, 0.717) is 27.2 Å². The Balaban J connectivity index is 2.11. The van der Waals surface area contributed by atoms with Gasteiger partial charge in [0.1, 0.15) is 4.90 Å². The van der Waals surface area contributed by atoms with Crippen LogP contribution in [0.1, 0.15) is 5.56 Å². The zero-order valence-electron chi connectivity index (χ0n) is 14.7. The fourth-order valence-electron chi connectivity index (χ4n) is 3.16. The van der Waals surface area contributed by atoms with Gasteiger partial charge >= 0.3 is 0 Å². The standard InChI is InChI=1S/C21H12Cl2N2O3S/c22-16-6-7-18-15(10-16)11-19(14-4-2-1-3-5-14)25(18)29(27,28)20-9-13(12-24)8-17(23)21(20)26/h1-11,26H. The van der Waals surface area contributed by atoms with E-state index in [2.05, 4.69) is 0 Å². The van der Waals surface area contributed by atoms with Crippen molar-refractivity contribution in [1.29, 1.82) is 5.26 Å². The third-order valence-electron chi connectivity index (χ3n) is 4.46. The van der Waals surface area contributed by atoms with E-state index in [1.807, 2.05) is 12.1 Å². The molecular weight excluding hydrogens is 431 g/mol. The van der Waals surface area contributed by atoms with Gasteiger partial charge in [-0.05, 0) is 42.0 Å².